The van der Waals surface area contributed by atoms with E-state index in [1.807, 2.05) is 0 Å². The zero-order valence-electron chi connectivity index (χ0n) is 17.8. The lowest BCUT2D eigenvalue weighted by atomic mass is 9.87. The van der Waals surface area contributed by atoms with Gasteiger partial charge in [0, 0.05) is 12.6 Å². The number of ketones is 1. The summed E-state index contributed by atoms with van der Waals surface area (Å²) < 4.78 is 73.0. The number of carbonyl (C=O) groups excluding carboxylic acids is 1. The Bertz CT molecular complexity index is 1190. The normalized spacial score (nSPS) is 16.4. The number of fused-ring (bicyclic) bond motifs is 1. The van der Waals surface area contributed by atoms with E-state index in [4.69, 9.17) is 9.84 Å². The van der Waals surface area contributed by atoms with Gasteiger partial charge in [0.2, 0.25) is 10.0 Å². The Morgan fingerprint density at radius 3 is 2.52 bits per heavy atom. The van der Waals surface area contributed by atoms with Crippen LogP contribution < -0.4 is 4.74 Å². The molecule has 7 nitrogen and oxygen atoms in total. The maximum atomic E-state index is 13.4. The smallest absolute Gasteiger partial charge is 0.416 e. The van der Waals surface area contributed by atoms with Crippen LogP contribution >= 0.6 is 0 Å². The zero-order valence-corrected chi connectivity index (χ0v) is 18.7. The lowest BCUT2D eigenvalue weighted by Gasteiger charge is -2.33. The lowest BCUT2D eigenvalue weighted by Crippen LogP contribution is -2.34. The number of hydrogen-bond donors (Lipinski definition) is 1. The second-order valence-corrected chi connectivity index (χ2v) is 9.73. The number of carboxylic acid groups (broad SMARTS) is 1. The molecule has 11 heteroatoms. The molecule has 0 heterocycles. The van der Waals surface area contributed by atoms with Crippen molar-refractivity contribution in [3.63, 3.8) is 0 Å². The molecule has 2 aromatic carbocycles. The number of ether oxygens (including phenoxy) is 1. The van der Waals surface area contributed by atoms with Crippen molar-refractivity contribution >= 4 is 21.8 Å². The quantitative estimate of drug-likeness (QED) is 0.594. The summed E-state index contributed by atoms with van der Waals surface area (Å²) >= 11 is 0. The number of carbonyl (C=O) groups is 2. The molecule has 1 atom stereocenters. The molecule has 0 spiro atoms. The topological polar surface area (TPSA) is 101 Å². The number of aliphatic carboxylic acids is 1. The molecule has 0 amide bonds. The summed E-state index contributed by atoms with van der Waals surface area (Å²) in [6.45, 7) is 0.499. The van der Waals surface area contributed by atoms with Gasteiger partial charge in [0.05, 0.1) is 16.5 Å². The molecule has 0 aliphatic heterocycles. The van der Waals surface area contributed by atoms with E-state index in [-0.39, 0.29) is 5.56 Å². The van der Waals surface area contributed by atoms with Gasteiger partial charge in [-0.05, 0) is 61.6 Å². The van der Waals surface area contributed by atoms with Crippen molar-refractivity contribution < 1.29 is 41.0 Å². The first kappa shape index (κ1) is 24.7. The van der Waals surface area contributed by atoms with Gasteiger partial charge >= 0.3 is 12.1 Å². The first-order chi connectivity index (χ1) is 15.3. The third kappa shape index (κ3) is 5.19. The van der Waals surface area contributed by atoms with E-state index in [0.717, 1.165) is 17.3 Å². The fourth-order valence-electron chi connectivity index (χ4n) is 3.89. The predicted molar refractivity (Wildman–Crippen MR) is 112 cm³/mol. The molecule has 1 aliphatic carbocycles. The van der Waals surface area contributed by atoms with Crippen molar-refractivity contribution in [2.75, 3.05) is 13.7 Å². The van der Waals surface area contributed by atoms with E-state index in [1.165, 1.54) is 7.05 Å². The molecule has 0 saturated heterocycles. The van der Waals surface area contributed by atoms with E-state index >= 15 is 0 Å². The van der Waals surface area contributed by atoms with Gasteiger partial charge in [0.25, 0.3) is 0 Å². The molecular formula is C22H22F3NO6S. The number of carboxylic acids is 1. The van der Waals surface area contributed by atoms with Gasteiger partial charge in [0.15, 0.2) is 12.4 Å². The van der Waals surface area contributed by atoms with Crippen LogP contribution in [0.4, 0.5) is 13.2 Å². The van der Waals surface area contributed by atoms with E-state index in [1.54, 1.807) is 18.2 Å². The number of rotatable bonds is 7. The SMILES string of the molecule is CC(=O)c1cc(C(F)(F)F)cc(S(=O)(=O)N(C)C2CCCc3c(OCC(=O)O)cccc32)c1. The van der Waals surface area contributed by atoms with E-state index < -0.39 is 51.1 Å². The molecule has 0 bridgehead atoms. The number of benzene rings is 2. The molecule has 33 heavy (non-hydrogen) atoms. The van der Waals surface area contributed by atoms with E-state index in [2.05, 4.69) is 0 Å². The predicted octanol–water partition coefficient (Wildman–Crippen LogP) is 4.07. The number of Topliss-reactive ketones (excluding diaryl/α,β-unsaturated/α-hetero) is 1. The Balaban J connectivity index is 2.04. The molecular weight excluding hydrogens is 463 g/mol. The van der Waals surface area contributed by atoms with Crippen molar-refractivity contribution in [3.05, 3.63) is 58.7 Å². The standard InChI is InChI=1S/C22H22F3NO6S/c1-13(27)14-9-15(22(23,24)25)11-16(10-14)33(30,31)26(2)19-7-3-6-18-17(19)5-4-8-20(18)32-12-21(28)29/h4-5,8-11,19H,3,6-7,12H2,1-2H3,(H,28,29). The summed E-state index contributed by atoms with van der Waals surface area (Å²) in [4.78, 5) is 22.0. The van der Waals surface area contributed by atoms with Crippen molar-refractivity contribution in [2.24, 2.45) is 0 Å². The van der Waals surface area contributed by atoms with Crippen molar-refractivity contribution in [3.8, 4) is 5.75 Å². The summed E-state index contributed by atoms with van der Waals surface area (Å²) in [5.74, 6) is -1.53. The zero-order chi connectivity index (χ0) is 24.6. The fourth-order valence-corrected chi connectivity index (χ4v) is 5.33. The van der Waals surface area contributed by atoms with Crippen LogP contribution in [-0.4, -0.2) is 43.2 Å². The highest BCUT2D eigenvalue weighted by Gasteiger charge is 2.37. The van der Waals surface area contributed by atoms with Crippen LogP contribution in [0.1, 0.15) is 52.9 Å². The third-order valence-corrected chi connectivity index (χ3v) is 7.38. The summed E-state index contributed by atoms with van der Waals surface area (Å²) in [6, 6.07) is 6.27. The molecule has 1 aliphatic rings. The van der Waals surface area contributed by atoms with Crippen LogP contribution in [0, 0.1) is 0 Å². The number of hydrogen-bond acceptors (Lipinski definition) is 5. The molecule has 2 aromatic rings. The molecule has 1 N–H and O–H groups in total. The first-order valence-electron chi connectivity index (χ1n) is 10.00. The molecule has 3 rings (SSSR count). The van der Waals surface area contributed by atoms with Gasteiger partial charge in [-0.2, -0.15) is 17.5 Å². The maximum absolute atomic E-state index is 13.4. The van der Waals surface area contributed by atoms with Gasteiger partial charge in [0.1, 0.15) is 5.75 Å². The van der Waals surface area contributed by atoms with Crippen molar-refractivity contribution in [2.45, 2.75) is 43.3 Å². The third-order valence-electron chi connectivity index (χ3n) is 5.54. The van der Waals surface area contributed by atoms with Crippen LogP contribution in [0.25, 0.3) is 0 Å². The summed E-state index contributed by atoms with van der Waals surface area (Å²) in [5.41, 5.74) is -0.333. The van der Waals surface area contributed by atoms with Gasteiger partial charge in [-0.1, -0.05) is 12.1 Å². The molecule has 0 saturated carbocycles. The molecule has 1 unspecified atom stereocenters. The molecule has 178 valence electrons. The molecule has 0 aromatic heterocycles. The van der Waals surface area contributed by atoms with Crippen LogP contribution in [0.15, 0.2) is 41.3 Å². The molecule has 0 radical (unpaired) electrons. The Morgan fingerprint density at radius 2 is 1.91 bits per heavy atom. The monoisotopic (exact) mass is 485 g/mol. The molecule has 0 fully saturated rings. The highest BCUT2D eigenvalue weighted by molar-refractivity contribution is 7.89. The highest BCUT2D eigenvalue weighted by atomic mass is 32.2. The Kier molecular flexibility index (Phi) is 6.85. The highest BCUT2D eigenvalue weighted by Crippen LogP contribution is 2.41. The van der Waals surface area contributed by atoms with Gasteiger partial charge in [-0.3, -0.25) is 4.79 Å². The van der Waals surface area contributed by atoms with E-state index in [9.17, 15) is 31.2 Å². The Labute approximate surface area is 188 Å². The Hall–Kier alpha value is -2.92. The first-order valence-corrected chi connectivity index (χ1v) is 11.4. The maximum Gasteiger partial charge on any atom is 0.416 e. The van der Waals surface area contributed by atoms with Gasteiger partial charge in [-0.15, -0.1) is 0 Å². The minimum absolute atomic E-state index is 0.323. The van der Waals surface area contributed by atoms with Crippen molar-refractivity contribution in [1.82, 2.24) is 4.31 Å². The number of nitrogens with zero attached hydrogens (tertiary/aromatic N) is 1. The van der Waals surface area contributed by atoms with Crippen LogP contribution in [0.3, 0.4) is 0 Å². The minimum atomic E-state index is -4.83. The second-order valence-electron chi connectivity index (χ2n) is 7.74. The van der Waals surface area contributed by atoms with E-state index in [0.29, 0.717) is 48.3 Å². The summed E-state index contributed by atoms with van der Waals surface area (Å²) in [5, 5.41) is 8.88. The Morgan fingerprint density at radius 1 is 1.21 bits per heavy atom. The summed E-state index contributed by atoms with van der Waals surface area (Å²) in [7, 11) is -3.14. The second kappa shape index (κ2) is 9.14. The largest absolute Gasteiger partial charge is 0.482 e. The number of halogens is 3. The van der Waals surface area contributed by atoms with Crippen LogP contribution in [0.2, 0.25) is 0 Å². The van der Waals surface area contributed by atoms with Crippen molar-refractivity contribution in [1.29, 1.82) is 0 Å². The number of sulfonamides is 1. The lowest BCUT2D eigenvalue weighted by molar-refractivity contribution is -0.139. The average Bonchev–Trinajstić information content (AvgIpc) is 2.75. The van der Waals surface area contributed by atoms with Crippen LogP contribution in [-0.2, 0) is 27.4 Å². The fraction of sp³-hybridized carbons (Fsp3) is 0.364. The average molecular weight is 485 g/mol. The van der Waals surface area contributed by atoms with Crippen LogP contribution in [0.5, 0.6) is 5.75 Å². The summed E-state index contributed by atoms with van der Waals surface area (Å²) in [6.07, 6.45) is -3.33. The van der Waals surface area contributed by atoms with Gasteiger partial charge < -0.3 is 9.84 Å². The van der Waals surface area contributed by atoms with Gasteiger partial charge in [-0.25, -0.2) is 13.2 Å². The number of alkyl halides is 3. The minimum Gasteiger partial charge on any atom is -0.482 e.